The molecule has 1 heterocycles. The van der Waals surface area contributed by atoms with Gasteiger partial charge in [0.05, 0.1) is 0 Å². The third-order valence-corrected chi connectivity index (χ3v) is 2.30. The average molecular weight is 249 g/mol. The van der Waals surface area contributed by atoms with E-state index in [1.54, 1.807) is 19.1 Å². The van der Waals surface area contributed by atoms with E-state index in [0.717, 1.165) is 10.9 Å². The number of nitrogen functional groups attached to an aromatic ring is 1. The van der Waals surface area contributed by atoms with E-state index in [0.29, 0.717) is 16.8 Å². The summed E-state index contributed by atoms with van der Waals surface area (Å²) in [6.07, 6.45) is 0. The Balaban J connectivity index is 0.000000659. The van der Waals surface area contributed by atoms with Crippen molar-refractivity contribution in [2.75, 3.05) is 5.73 Å². The van der Waals surface area contributed by atoms with Crippen molar-refractivity contribution in [2.24, 2.45) is 0 Å². The summed E-state index contributed by atoms with van der Waals surface area (Å²) in [5.41, 5.74) is 8.29. The highest BCUT2D eigenvalue weighted by Crippen LogP contribution is 2.20. The fourth-order valence-corrected chi connectivity index (χ4v) is 1.39. The second-order valence-electron chi connectivity index (χ2n) is 3.46. The van der Waals surface area contributed by atoms with Gasteiger partial charge in [0.15, 0.2) is 0 Å². The summed E-state index contributed by atoms with van der Waals surface area (Å²) < 4.78 is 5.12. The Bertz CT molecular complexity index is 556. The van der Waals surface area contributed by atoms with Crippen molar-refractivity contribution in [1.82, 2.24) is 0 Å². The monoisotopic (exact) mass is 249 g/mol. The predicted octanol–water partition coefficient (Wildman–Crippen LogP) is 4.04. The van der Waals surface area contributed by atoms with Gasteiger partial charge in [-0.2, -0.15) is 0 Å². The number of hydrogen-bond acceptors (Lipinski definition) is 3. The molecular weight excluding hydrogens is 226 g/mol. The Morgan fingerprint density at radius 3 is 2.06 bits per heavy atom. The van der Waals surface area contributed by atoms with Crippen LogP contribution in [0.5, 0.6) is 0 Å². The molecule has 1 aromatic carbocycles. The van der Waals surface area contributed by atoms with Gasteiger partial charge in [-0.1, -0.05) is 27.7 Å². The molecule has 2 N–H and O–H groups in total. The first-order chi connectivity index (χ1) is 8.58. The van der Waals surface area contributed by atoms with E-state index < -0.39 is 0 Å². The Hall–Kier alpha value is -1.77. The Labute approximate surface area is 109 Å². The average Bonchev–Trinajstić information content (AvgIpc) is 2.38. The zero-order chi connectivity index (χ0) is 14.3. The minimum absolute atomic E-state index is 0.290. The first kappa shape index (κ1) is 16.2. The predicted molar refractivity (Wildman–Crippen MR) is 79.1 cm³/mol. The minimum Gasteiger partial charge on any atom is -0.423 e. The van der Waals surface area contributed by atoms with Gasteiger partial charge in [-0.05, 0) is 37.6 Å². The van der Waals surface area contributed by atoms with E-state index in [4.69, 9.17) is 10.2 Å². The molecule has 0 atom stereocenters. The number of rotatable bonds is 0. The van der Waals surface area contributed by atoms with Gasteiger partial charge in [-0.15, -0.1) is 0 Å². The van der Waals surface area contributed by atoms with Crippen molar-refractivity contribution in [3.05, 3.63) is 39.7 Å². The summed E-state index contributed by atoms with van der Waals surface area (Å²) in [7, 11) is 0. The lowest BCUT2D eigenvalue weighted by atomic mass is 10.1. The number of aryl methyl sites for hydroxylation is 2. The lowest BCUT2D eigenvalue weighted by Crippen LogP contribution is -2.02. The van der Waals surface area contributed by atoms with Gasteiger partial charge in [0.2, 0.25) is 0 Å². The van der Waals surface area contributed by atoms with Crippen LogP contribution < -0.4 is 11.4 Å². The fraction of sp³-hybridized carbons (Fsp3) is 0.400. The molecule has 0 radical (unpaired) electrons. The summed E-state index contributed by atoms with van der Waals surface area (Å²) in [5, 5.41) is 0.866. The highest BCUT2D eigenvalue weighted by molar-refractivity contribution is 5.82. The highest BCUT2D eigenvalue weighted by atomic mass is 16.4. The largest absolute Gasteiger partial charge is 0.423 e. The number of benzene rings is 1. The molecule has 0 saturated heterocycles. The molecule has 0 saturated carbocycles. The second-order valence-corrected chi connectivity index (χ2v) is 3.46. The lowest BCUT2D eigenvalue weighted by Gasteiger charge is -2.02. The quantitative estimate of drug-likeness (QED) is 0.566. The van der Waals surface area contributed by atoms with E-state index >= 15 is 0 Å². The van der Waals surface area contributed by atoms with Crippen LogP contribution in [0.2, 0.25) is 0 Å². The van der Waals surface area contributed by atoms with Crippen LogP contribution >= 0.6 is 0 Å². The fourth-order valence-electron chi connectivity index (χ4n) is 1.39. The molecule has 3 nitrogen and oxygen atoms in total. The zero-order valence-corrected chi connectivity index (χ0v) is 12.1. The van der Waals surface area contributed by atoms with Gasteiger partial charge in [0.25, 0.3) is 0 Å². The zero-order valence-electron chi connectivity index (χ0n) is 12.1. The molecule has 0 fully saturated rings. The van der Waals surface area contributed by atoms with Crippen LogP contribution in [-0.4, -0.2) is 0 Å². The number of anilines is 1. The molecule has 3 heteroatoms. The van der Waals surface area contributed by atoms with Crippen molar-refractivity contribution >= 4 is 16.7 Å². The number of hydrogen-bond donors (Lipinski definition) is 1. The van der Waals surface area contributed by atoms with E-state index in [9.17, 15) is 4.79 Å². The van der Waals surface area contributed by atoms with E-state index in [2.05, 4.69) is 0 Å². The van der Waals surface area contributed by atoms with E-state index in [1.165, 1.54) is 0 Å². The second kappa shape index (κ2) is 7.54. The molecule has 0 spiro atoms. The maximum absolute atomic E-state index is 11.2. The van der Waals surface area contributed by atoms with E-state index in [1.807, 2.05) is 40.7 Å². The van der Waals surface area contributed by atoms with Gasteiger partial charge in [-0.3, -0.25) is 0 Å². The maximum Gasteiger partial charge on any atom is 0.339 e. The van der Waals surface area contributed by atoms with Crippen molar-refractivity contribution in [1.29, 1.82) is 0 Å². The molecule has 100 valence electrons. The van der Waals surface area contributed by atoms with Crippen LogP contribution in [0.4, 0.5) is 5.69 Å². The van der Waals surface area contributed by atoms with Crippen LogP contribution in [0.25, 0.3) is 11.0 Å². The molecule has 0 unspecified atom stereocenters. The summed E-state index contributed by atoms with van der Waals surface area (Å²) in [5.74, 6) is 0. The van der Waals surface area contributed by atoms with Crippen LogP contribution in [0.3, 0.4) is 0 Å². The van der Waals surface area contributed by atoms with Gasteiger partial charge < -0.3 is 10.2 Å². The smallest absolute Gasteiger partial charge is 0.339 e. The number of nitrogens with two attached hydrogens (primary N) is 1. The van der Waals surface area contributed by atoms with Crippen LogP contribution in [0.1, 0.15) is 38.8 Å². The summed E-state index contributed by atoms with van der Waals surface area (Å²) in [6, 6.07) is 5.39. The Morgan fingerprint density at radius 1 is 0.944 bits per heavy atom. The first-order valence-electron chi connectivity index (χ1n) is 6.38. The van der Waals surface area contributed by atoms with Crippen molar-refractivity contribution in [3.63, 3.8) is 0 Å². The third-order valence-electron chi connectivity index (χ3n) is 2.30. The third kappa shape index (κ3) is 3.62. The Kier molecular flexibility index (Phi) is 6.79. The minimum atomic E-state index is -0.290. The molecule has 1 aromatic heterocycles. The summed E-state index contributed by atoms with van der Waals surface area (Å²) in [4.78, 5) is 11.2. The van der Waals surface area contributed by atoms with Gasteiger partial charge in [0, 0.05) is 16.6 Å². The van der Waals surface area contributed by atoms with Crippen molar-refractivity contribution < 1.29 is 4.42 Å². The normalized spacial score (nSPS) is 9.00. The highest BCUT2D eigenvalue weighted by Gasteiger charge is 2.03. The first-order valence-corrected chi connectivity index (χ1v) is 6.38. The molecule has 18 heavy (non-hydrogen) atoms. The van der Waals surface area contributed by atoms with Gasteiger partial charge in [0.1, 0.15) is 5.58 Å². The maximum atomic E-state index is 11.2. The Morgan fingerprint density at radius 2 is 1.50 bits per heavy atom. The van der Waals surface area contributed by atoms with Crippen LogP contribution in [-0.2, 0) is 0 Å². The topological polar surface area (TPSA) is 56.2 Å². The molecule has 0 aliphatic rings. The molecule has 0 bridgehead atoms. The SMILES string of the molecule is CC.CC.Cc1cc2oc(=O)c(C)cc2cc1N. The van der Waals surface area contributed by atoms with Crippen LogP contribution in [0, 0.1) is 13.8 Å². The summed E-state index contributed by atoms with van der Waals surface area (Å²) in [6.45, 7) is 11.6. The van der Waals surface area contributed by atoms with E-state index in [-0.39, 0.29) is 5.63 Å². The van der Waals surface area contributed by atoms with Crippen LogP contribution in [0.15, 0.2) is 27.4 Å². The van der Waals surface area contributed by atoms with Gasteiger partial charge >= 0.3 is 5.63 Å². The standard InChI is InChI=1S/C11H11NO2.2C2H6/c1-6-4-10-8(5-9(6)12)3-7(2)11(13)14-10;2*1-2/h3-5H,12H2,1-2H3;2*1-2H3. The molecule has 0 amide bonds. The summed E-state index contributed by atoms with van der Waals surface area (Å²) >= 11 is 0. The molecular formula is C15H23NO2. The van der Waals surface area contributed by atoms with Gasteiger partial charge in [-0.25, -0.2) is 4.79 Å². The molecule has 0 aliphatic heterocycles. The molecule has 2 rings (SSSR count). The van der Waals surface area contributed by atoms with Crippen molar-refractivity contribution in [3.8, 4) is 0 Å². The number of fused-ring (bicyclic) bond motifs is 1. The van der Waals surface area contributed by atoms with Crippen molar-refractivity contribution in [2.45, 2.75) is 41.5 Å². The molecule has 2 aromatic rings. The molecule has 0 aliphatic carbocycles. The lowest BCUT2D eigenvalue weighted by molar-refractivity contribution is 0.555.